The molecule has 0 aromatic carbocycles. The number of hydrogen-bond donors (Lipinski definition) is 0. The molecular formula is C9H11Cl2N5O2S. The Balaban J connectivity index is 2.55. The van der Waals surface area contributed by atoms with Gasteiger partial charge in [0.15, 0.2) is 10.8 Å². The molecule has 0 bridgehead atoms. The molecule has 0 radical (unpaired) electrons. The Labute approximate surface area is 120 Å². The van der Waals surface area contributed by atoms with Gasteiger partial charge in [0, 0.05) is 27.3 Å². The molecule has 0 atom stereocenters. The van der Waals surface area contributed by atoms with Gasteiger partial charge in [-0.2, -0.15) is 18.6 Å². The van der Waals surface area contributed by atoms with Crippen molar-refractivity contribution in [2.45, 2.75) is 5.03 Å². The van der Waals surface area contributed by atoms with Crippen molar-refractivity contribution in [2.24, 2.45) is 14.1 Å². The smallest absolute Gasteiger partial charge is 0.272 e. The van der Waals surface area contributed by atoms with Crippen LogP contribution in [0.4, 0.5) is 5.82 Å². The molecule has 2 aromatic rings. The van der Waals surface area contributed by atoms with Gasteiger partial charge >= 0.3 is 0 Å². The van der Waals surface area contributed by atoms with Crippen LogP contribution in [0.15, 0.2) is 17.4 Å². The average molecular weight is 324 g/mol. The molecule has 0 spiro atoms. The van der Waals surface area contributed by atoms with Gasteiger partial charge in [-0.3, -0.25) is 9.36 Å². The van der Waals surface area contributed by atoms with Crippen LogP contribution >= 0.6 is 23.2 Å². The number of sulfonamides is 1. The first kappa shape index (κ1) is 14.2. The first-order valence-corrected chi connectivity index (χ1v) is 7.30. The van der Waals surface area contributed by atoms with Gasteiger partial charge in [-0.1, -0.05) is 23.2 Å². The number of aromatic nitrogens is 4. The van der Waals surface area contributed by atoms with Crippen molar-refractivity contribution in [3.8, 4) is 0 Å². The van der Waals surface area contributed by atoms with Crippen LogP contribution in [0.5, 0.6) is 0 Å². The molecule has 2 rings (SSSR count). The van der Waals surface area contributed by atoms with E-state index in [1.165, 1.54) is 35.9 Å². The summed E-state index contributed by atoms with van der Waals surface area (Å²) < 4.78 is 28.5. The second-order valence-electron chi connectivity index (χ2n) is 3.87. The topological polar surface area (TPSA) is 73.0 Å². The molecule has 0 aliphatic rings. The van der Waals surface area contributed by atoms with Gasteiger partial charge < -0.3 is 0 Å². The minimum Gasteiger partial charge on any atom is -0.272 e. The summed E-state index contributed by atoms with van der Waals surface area (Å²) in [6, 6.07) is 0. The predicted octanol–water partition coefficient (Wildman–Crippen LogP) is 1.29. The Kier molecular flexibility index (Phi) is 3.50. The lowest BCUT2D eigenvalue weighted by Crippen LogP contribution is -2.29. The van der Waals surface area contributed by atoms with Crippen LogP contribution < -0.4 is 4.31 Å². The molecule has 0 saturated carbocycles. The minimum atomic E-state index is -3.88. The van der Waals surface area contributed by atoms with E-state index in [0.29, 0.717) is 0 Å². The third-order valence-electron chi connectivity index (χ3n) is 2.51. The first-order chi connectivity index (χ1) is 8.75. The zero-order chi connectivity index (χ0) is 14.4. The summed E-state index contributed by atoms with van der Waals surface area (Å²) in [4.78, 5) is 0. The van der Waals surface area contributed by atoms with Gasteiger partial charge in [-0.05, 0) is 0 Å². The maximum atomic E-state index is 12.5. The van der Waals surface area contributed by atoms with Gasteiger partial charge in [0.25, 0.3) is 10.0 Å². The lowest BCUT2D eigenvalue weighted by molar-refractivity contribution is 0.574. The second-order valence-corrected chi connectivity index (χ2v) is 6.57. The molecule has 2 aromatic heterocycles. The monoisotopic (exact) mass is 323 g/mol. The van der Waals surface area contributed by atoms with Gasteiger partial charge in [-0.25, -0.2) is 4.31 Å². The van der Waals surface area contributed by atoms with Crippen LogP contribution in [0, 0.1) is 0 Å². The summed E-state index contributed by atoms with van der Waals surface area (Å²) in [6.45, 7) is 0. The molecule has 7 nitrogen and oxygen atoms in total. The van der Waals surface area contributed by atoms with Crippen molar-refractivity contribution < 1.29 is 8.42 Å². The van der Waals surface area contributed by atoms with Crippen molar-refractivity contribution in [1.82, 2.24) is 19.6 Å². The van der Waals surface area contributed by atoms with E-state index >= 15 is 0 Å². The number of hydrogen-bond acceptors (Lipinski definition) is 4. The molecule has 0 unspecified atom stereocenters. The summed E-state index contributed by atoms with van der Waals surface area (Å²) in [6.07, 6.45) is 2.77. The summed E-state index contributed by atoms with van der Waals surface area (Å²) in [5, 5.41) is 7.97. The molecule has 0 aliphatic heterocycles. The van der Waals surface area contributed by atoms with Crippen LogP contribution in [0.2, 0.25) is 10.0 Å². The number of anilines is 1. The van der Waals surface area contributed by atoms with Crippen molar-refractivity contribution >= 4 is 39.0 Å². The number of aryl methyl sites for hydroxylation is 2. The molecule has 0 fully saturated rings. The van der Waals surface area contributed by atoms with Gasteiger partial charge in [0.1, 0.15) is 5.02 Å². The van der Waals surface area contributed by atoms with Crippen molar-refractivity contribution in [3.05, 3.63) is 22.4 Å². The first-order valence-electron chi connectivity index (χ1n) is 5.10. The summed E-state index contributed by atoms with van der Waals surface area (Å²) in [5.74, 6) is 0.126. The van der Waals surface area contributed by atoms with E-state index in [-0.39, 0.29) is 20.9 Å². The average Bonchev–Trinajstić information content (AvgIpc) is 2.81. The van der Waals surface area contributed by atoms with E-state index in [9.17, 15) is 8.42 Å². The van der Waals surface area contributed by atoms with E-state index in [4.69, 9.17) is 23.2 Å². The zero-order valence-corrected chi connectivity index (χ0v) is 12.7. The highest BCUT2D eigenvalue weighted by Crippen LogP contribution is 2.29. The standard InChI is InChI=1S/C9H11Cl2N5O2S/c1-14-5-7(11)8(13-14)16(3)19(17,18)9-6(10)4-12-15(9)2/h4-5H,1-3H3. The molecule has 0 saturated heterocycles. The van der Waals surface area contributed by atoms with E-state index < -0.39 is 10.0 Å². The second kappa shape index (κ2) is 4.69. The Morgan fingerprint density at radius 3 is 2.32 bits per heavy atom. The summed E-state index contributed by atoms with van der Waals surface area (Å²) in [5.41, 5.74) is 0. The van der Waals surface area contributed by atoms with Crippen molar-refractivity contribution in [2.75, 3.05) is 11.4 Å². The lowest BCUT2D eigenvalue weighted by Gasteiger charge is -2.17. The molecule has 19 heavy (non-hydrogen) atoms. The Morgan fingerprint density at radius 1 is 1.26 bits per heavy atom. The maximum Gasteiger partial charge on any atom is 0.284 e. The van der Waals surface area contributed by atoms with Gasteiger partial charge in [-0.15, -0.1) is 0 Å². The highest BCUT2D eigenvalue weighted by atomic mass is 35.5. The van der Waals surface area contributed by atoms with Crippen LogP contribution in [0.3, 0.4) is 0 Å². The van der Waals surface area contributed by atoms with Crippen LogP contribution in [0.25, 0.3) is 0 Å². The summed E-state index contributed by atoms with van der Waals surface area (Å²) >= 11 is 11.8. The van der Waals surface area contributed by atoms with E-state index in [1.54, 1.807) is 7.05 Å². The van der Waals surface area contributed by atoms with Crippen LogP contribution in [0.1, 0.15) is 0 Å². The molecule has 0 aliphatic carbocycles. The Hall–Kier alpha value is -1.25. The lowest BCUT2D eigenvalue weighted by atomic mass is 10.6. The van der Waals surface area contributed by atoms with Gasteiger partial charge in [0.2, 0.25) is 0 Å². The van der Waals surface area contributed by atoms with Crippen LogP contribution in [-0.2, 0) is 24.1 Å². The van der Waals surface area contributed by atoms with E-state index in [2.05, 4.69) is 10.2 Å². The van der Waals surface area contributed by atoms with Crippen molar-refractivity contribution in [1.29, 1.82) is 0 Å². The molecule has 10 heteroatoms. The van der Waals surface area contributed by atoms with E-state index in [1.807, 2.05) is 0 Å². The minimum absolute atomic E-state index is 0.0430. The fourth-order valence-electron chi connectivity index (χ4n) is 1.59. The normalized spacial score (nSPS) is 11.8. The predicted molar refractivity (Wildman–Crippen MR) is 72.0 cm³/mol. The number of nitrogens with zero attached hydrogens (tertiary/aromatic N) is 5. The van der Waals surface area contributed by atoms with Gasteiger partial charge in [0.05, 0.1) is 11.2 Å². The van der Waals surface area contributed by atoms with E-state index in [0.717, 1.165) is 4.31 Å². The molecule has 0 N–H and O–H groups in total. The van der Waals surface area contributed by atoms with Crippen molar-refractivity contribution in [3.63, 3.8) is 0 Å². The zero-order valence-electron chi connectivity index (χ0n) is 10.4. The number of halogens is 2. The number of rotatable bonds is 3. The van der Waals surface area contributed by atoms with Crippen LogP contribution in [-0.4, -0.2) is 35.0 Å². The Bertz CT molecular complexity index is 702. The largest absolute Gasteiger partial charge is 0.284 e. The fourth-order valence-corrected chi connectivity index (χ4v) is 3.71. The molecule has 2 heterocycles. The Morgan fingerprint density at radius 2 is 1.89 bits per heavy atom. The fraction of sp³-hybridized carbons (Fsp3) is 0.333. The highest BCUT2D eigenvalue weighted by molar-refractivity contribution is 7.92. The highest BCUT2D eigenvalue weighted by Gasteiger charge is 2.30. The quantitative estimate of drug-likeness (QED) is 0.853. The summed E-state index contributed by atoms with van der Waals surface area (Å²) in [7, 11) is 0.615. The SMILES string of the molecule is CN(c1nn(C)cc1Cl)S(=O)(=O)c1c(Cl)cnn1C. The maximum absolute atomic E-state index is 12.5. The third-order valence-corrected chi connectivity index (χ3v) is 5.03. The third kappa shape index (κ3) is 2.31. The molecule has 0 amide bonds. The molecular weight excluding hydrogens is 313 g/mol. The molecule has 104 valence electrons.